The number of benzene rings is 1. The highest BCUT2D eigenvalue weighted by atomic mass is 35.5. The lowest BCUT2D eigenvalue weighted by Gasteiger charge is -2.34. The van der Waals surface area contributed by atoms with Crippen molar-refractivity contribution in [3.63, 3.8) is 0 Å². The molecule has 4 nitrogen and oxygen atoms in total. The van der Waals surface area contributed by atoms with Gasteiger partial charge in [0.05, 0.1) is 12.3 Å². The molecule has 0 radical (unpaired) electrons. The Balaban J connectivity index is 0.00000161. The molecule has 1 aliphatic rings. The summed E-state index contributed by atoms with van der Waals surface area (Å²) in [5.41, 5.74) is 0.527. The Morgan fingerprint density at radius 3 is 2.62 bits per heavy atom. The maximum atomic E-state index is 14.2. The third-order valence-corrected chi connectivity index (χ3v) is 3.61. The molecule has 2 heterocycles. The zero-order valence-corrected chi connectivity index (χ0v) is 12.3. The van der Waals surface area contributed by atoms with E-state index in [9.17, 15) is 9.50 Å². The lowest BCUT2D eigenvalue weighted by Crippen LogP contribution is -2.45. The van der Waals surface area contributed by atoms with Crippen LogP contribution in [0.25, 0.3) is 0 Å². The molecule has 0 bridgehead atoms. The average molecular weight is 313 g/mol. The summed E-state index contributed by atoms with van der Waals surface area (Å²) in [6.45, 7) is 3.39. The van der Waals surface area contributed by atoms with Crippen molar-refractivity contribution in [3.8, 4) is 5.75 Å². The molecule has 2 N–H and O–H groups in total. The zero-order chi connectivity index (χ0) is 13.9. The first-order chi connectivity index (χ1) is 9.75. The molecule has 1 aliphatic heterocycles. The van der Waals surface area contributed by atoms with Gasteiger partial charge in [0, 0.05) is 37.8 Å². The second kappa shape index (κ2) is 6.93. The van der Waals surface area contributed by atoms with Crippen molar-refractivity contribution in [2.45, 2.75) is 6.04 Å². The molecular formula is C15H18ClFN2O2. The highest BCUT2D eigenvalue weighted by molar-refractivity contribution is 5.85. The van der Waals surface area contributed by atoms with Gasteiger partial charge in [0.15, 0.2) is 0 Å². The number of furan rings is 1. The fourth-order valence-electron chi connectivity index (χ4n) is 2.65. The second-order valence-corrected chi connectivity index (χ2v) is 4.91. The number of halogens is 2. The fourth-order valence-corrected chi connectivity index (χ4v) is 2.65. The maximum absolute atomic E-state index is 14.2. The number of nitrogens with zero attached hydrogens (tertiary/aromatic N) is 1. The topological polar surface area (TPSA) is 48.6 Å². The molecule has 3 rings (SSSR count). The van der Waals surface area contributed by atoms with Crippen molar-refractivity contribution in [2.75, 3.05) is 26.2 Å². The predicted molar refractivity (Wildman–Crippen MR) is 80.3 cm³/mol. The van der Waals surface area contributed by atoms with Crippen molar-refractivity contribution in [1.82, 2.24) is 10.2 Å². The number of piperazine rings is 1. The highest BCUT2D eigenvalue weighted by Crippen LogP contribution is 2.32. The minimum Gasteiger partial charge on any atom is -0.508 e. The van der Waals surface area contributed by atoms with Crippen LogP contribution < -0.4 is 5.32 Å². The number of hydrogen-bond acceptors (Lipinski definition) is 4. The molecule has 1 saturated heterocycles. The van der Waals surface area contributed by atoms with Gasteiger partial charge in [-0.3, -0.25) is 4.90 Å². The normalized spacial score (nSPS) is 17.2. The first-order valence-corrected chi connectivity index (χ1v) is 6.72. The van der Waals surface area contributed by atoms with Gasteiger partial charge in [-0.1, -0.05) is 6.07 Å². The van der Waals surface area contributed by atoms with Gasteiger partial charge in [-0.25, -0.2) is 4.39 Å². The van der Waals surface area contributed by atoms with Crippen LogP contribution in [0.5, 0.6) is 5.75 Å². The molecule has 1 aromatic carbocycles. The van der Waals surface area contributed by atoms with Crippen LogP contribution in [0.4, 0.5) is 4.39 Å². The molecule has 1 aromatic heterocycles. The Morgan fingerprint density at radius 1 is 1.24 bits per heavy atom. The summed E-state index contributed by atoms with van der Waals surface area (Å²) in [5, 5.41) is 12.7. The van der Waals surface area contributed by atoms with Gasteiger partial charge in [-0.15, -0.1) is 12.4 Å². The van der Waals surface area contributed by atoms with E-state index >= 15 is 0 Å². The minimum absolute atomic E-state index is 0. The van der Waals surface area contributed by atoms with Gasteiger partial charge >= 0.3 is 0 Å². The van der Waals surface area contributed by atoms with Crippen molar-refractivity contribution in [1.29, 1.82) is 0 Å². The van der Waals surface area contributed by atoms with Crippen molar-refractivity contribution in [2.24, 2.45) is 0 Å². The minimum atomic E-state index is -0.412. The summed E-state index contributed by atoms with van der Waals surface area (Å²) < 4.78 is 19.7. The molecular weight excluding hydrogens is 295 g/mol. The van der Waals surface area contributed by atoms with E-state index in [1.165, 1.54) is 6.07 Å². The molecule has 0 saturated carbocycles. The van der Waals surface area contributed by atoms with Crippen LogP contribution >= 0.6 is 12.4 Å². The third-order valence-electron chi connectivity index (χ3n) is 3.61. The van der Waals surface area contributed by atoms with Gasteiger partial charge in [0.25, 0.3) is 0 Å². The number of phenols is 1. The molecule has 0 amide bonds. The lowest BCUT2D eigenvalue weighted by molar-refractivity contribution is 0.177. The average Bonchev–Trinajstić information content (AvgIpc) is 2.97. The first-order valence-electron chi connectivity index (χ1n) is 6.72. The number of rotatable bonds is 3. The largest absolute Gasteiger partial charge is 0.508 e. The molecule has 114 valence electrons. The SMILES string of the molecule is Cl.Oc1ccc([C@H](c2ccco2)N2CCNCC2)c(F)c1. The van der Waals surface area contributed by atoms with E-state index in [0.717, 1.165) is 38.0 Å². The van der Waals surface area contributed by atoms with Crippen LogP contribution in [0.2, 0.25) is 0 Å². The van der Waals surface area contributed by atoms with E-state index in [2.05, 4.69) is 10.2 Å². The molecule has 6 heteroatoms. The molecule has 0 spiro atoms. The van der Waals surface area contributed by atoms with Crippen LogP contribution in [-0.2, 0) is 0 Å². The Hall–Kier alpha value is -1.56. The van der Waals surface area contributed by atoms with E-state index in [4.69, 9.17) is 4.42 Å². The smallest absolute Gasteiger partial charge is 0.132 e. The quantitative estimate of drug-likeness (QED) is 0.914. The van der Waals surface area contributed by atoms with Crippen molar-refractivity contribution < 1.29 is 13.9 Å². The molecule has 0 aliphatic carbocycles. The third kappa shape index (κ3) is 3.37. The Morgan fingerprint density at radius 2 is 2.00 bits per heavy atom. The number of hydrogen-bond donors (Lipinski definition) is 2. The first kappa shape index (κ1) is 15.8. The van der Waals surface area contributed by atoms with E-state index in [-0.39, 0.29) is 24.2 Å². The summed E-state index contributed by atoms with van der Waals surface area (Å²) >= 11 is 0. The summed E-state index contributed by atoms with van der Waals surface area (Å²) in [4.78, 5) is 2.19. The van der Waals surface area contributed by atoms with Crippen LogP contribution in [0.3, 0.4) is 0 Å². The van der Waals surface area contributed by atoms with E-state index < -0.39 is 5.82 Å². The van der Waals surface area contributed by atoms with Crippen molar-refractivity contribution >= 4 is 12.4 Å². The second-order valence-electron chi connectivity index (χ2n) is 4.91. The van der Waals surface area contributed by atoms with E-state index in [0.29, 0.717) is 5.56 Å². The van der Waals surface area contributed by atoms with Gasteiger partial charge in [0.1, 0.15) is 17.3 Å². The monoisotopic (exact) mass is 312 g/mol. The summed E-state index contributed by atoms with van der Waals surface area (Å²) in [5.74, 6) is 0.242. The van der Waals surface area contributed by atoms with Crippen molar-refractivity contribution in [3.05, 3.63) is 53.7 Å². The summed E-state index contributed by atoms with van der Waals surface area (Å²) in [7, 11) is 0. The Bertz CT molecular complexity index is 571. The molecule has 0 unspecified atom stereocenters. The summed E-state index contributed by atoms with van der Waals surface area (Å²) in [6.07, 6.45) is 1.60. The lowest BCUT2D eigenvalue weighted by atomic mass is 10.0. The van der Waals surface area contributed by atoms with E-state index in [1.807, 2.05) is 12.1 Å². The standard InChI is InChI=1S/C15H17FN2O2.ClH/c16-13-10-11(19)3-4-12(13)15(14-2-1-9-20-14)18-7-5-17-6-8-18;/h1-4,9-10,15,17,19H,5-8H2;1H/t15-;/m1./s1. The number of aromatic hydroxyl groups is 1. The van der Waals surface area contributed by atoms with Crippen LogP contribution in [-0.4, -0.2) is 36.2 Å². The van der Waals surface area contributed by atoms with Crippen LogP contribution in [0.15, 0.2) is 41.0 Å². The number of phenolic OH excluding ortho intramolecular Hbond substituents is 1. The predicted octanol–water partition coefficient (Wildman–Crippen LogP) is 2.54. The Labute approximate surface area is 129 Å². The summed E-state index contributed by atoms with van der Waals surface area (Å²) in [6, 6.07) is 7.69. The van der Waals surface area contributed by atoms with Gasteiger partial charge in [0.2, 0.25) is 0 Å². The van der Waals surface area contributed by atoms with E-state index in [1.54, 1.807) is 12.3 Å². The molecule has 21 heavy (non-hydrogen) atoms. The van der Waals surface area contributed by atoms with Crippen LogP contribution in [0, 0.1) is 5.82 Å². The fraction of sp³-hybridized carbons (Fsp3) is 0.333. The maximum Gasteiger partial charge on any atom is 0.132 e. The molecule has 2 aromatic rings. The molecule has 1 atom stereocenters. The van der Waals surface area contributed by atoms with Crippen LogP contribution in [0.1, 0.15) is 17.4 Å². The van der Waals surface area contributed by atoms with Gasteiger partial charge in [-0.2, -0.15) is 0 Å². The molecule has 1 fully saturated rings. The Kier molecular flexibility index (Phi) is 5.22. The zero-order valence-electron chi connectivity index (χ0n) is 11.5. The van der Waals surface area contributed by atoms with Gasteiger partial charge in [-0.05, 0) is 18.2 Å². The highest BCUT2D eigenvalue weighted by Gasteiger charge is 2.28. The van der Waals surface area contributed by atoms with Gasteiger partial charge < -0.3 is 14.8 Å². The number of nitrogens with one attached hydrogen (secondary N) is 1.